The molecule has 0 aliphatic heterocycles. The van der Waals surface area contributed by atoms with Crippen LogP contribution in [0.2, 0.25) is 5.02 Å². The predicted molar refractivity (Wildman–Crippen MR) is 190 cm³/mol. The summed E-state index contributed by atoms with van der Waals surface area (Å²) in [4.78, 5) is 43.4. The van der Waals surface area contributed by atoms with E-state index >= 15 is 4.39 Å². The Balaban J connectivity index is 0.000000266. The molecule has 15 heteroatoms. The van der Waals surface area contributed by atoms with Crippen molar-refractivity contribution >= 4 is 64.8 Å². The van der Waals surface area contributed by atoms with Crippen molar-refractivity contribution in [2.45, 2.75) is 0 Å². The zero-order valence-electron chi connectivity index (χ0n) is 27.8. The molecule has 2 aromatic heterocycles. The van der Waals surface area contributed by atoms with Crippen LogP contribution >= 0.6 is 11.6 Å². The van der Waals surface area contributed by atoms with Crippen LogP contribution in [0.3, 0.4) is 0 Å². The third-order valence-electron chi connectivity index (χ3n) is 6.93. The topological polar surface area (TPSA) is 163 Å². The van der Waals surface area contributed by atoms with E-state index in [2.05, 4.69) is 44.4 Å². The van der Waals surface area contributed by atoms with Crippen LogP contribution in [-0.2, 0) is 9.47 Å². The molecule has 2 heterocycles. The van der Waals surface area contributed by atoms with Gasteiger partial charge in [0.2, 0.25) is 0 Å². The van der Waals surface area contributed by atoms with Gasteiger partial charge in [0.25, 0.3) is 0 Å². The molecule has 0 radical (unpaired) electrons. The van der Waals surface area contributed by atoms with Gasteiger partial charge in [0, 0.05) is 44.9 Å². The molecule has 4 rings (SSSR count). The Kier molecular flexibility index (Phi) is 12.1. The lowest BCUT2D eigenvalue weighted by Crippen LogP contribution is -2.15. The summed E-state index contributed by atoms with van der Waals surface area (Å²) in [7, 11) is 9.17. The smallest absolute Gasteiger partial charge is 0.357 e. The number of nitrogens with zero attached hydrogens (tertiary/aromatic N) is 6. The van der Waals surface area contributed by atoms with Crippen LogP contribution in [0.25, 0.3) is 41.0 Å². The Labute approximate surface area is 287 Å². The standard InChI is InChI=1S/C18H19FN4O2.C16H16ClFN4O2/c1-6-10-8-9-12(13(19)15(10)23(3)4)17-21-14(18(24)25-5)11(7-2)16(20)22-17;1-5-8-12(16(23)24-4)20-15(21-14(8)19)9-6-7-10(17)13(11(9)18)22(2)3/h6-9H,1-2H2,3-5H3,(H2,20,21,22);5-7H,1H2,2-4H3,(H2,19,20,21). The Morgan fingerprint density at radius 2 is 1.12 bits per heavy atom. The quantitative estimate of drug-likeness (QED) is 0.197. The number of anilines is 4. The first-order valence-corrected chi connectivity index (χ1v) is 14.6. The second kappa shape index (κ2) is 15.8. The molecular weight excluding hydrogens is 658 g/mol. The number of rotatable bonds is 9. The first-order chi connectivity index (χ1) is 23.2. The van der Waals surface area contributed by atoms with Crippen LogP contribution in [-0.4, -0.2) is 74.3 Å². The number of nitrogen functional groups attached to an aromatic ring is 2. The average Bonchev–Trinajstić information content (AvgIpc) is 3.06. The lowest BCUT2D eigenvalue weighted by atomic mass is 10.1. The Morgan fingerprint density at radius 3 is 1.49 bits per heavy atom. The van der Waals surface area contributed by atoms with E-state index in [4.69, 9.17) is 27.8 Å². The van der Waals surface area contributed by atoms with Gasteiger partial charge in [-0.15, -0.1) is 0 Å². The number of ether oxygens (including phenoxy) is 2. The molecule has 0 atom stereocenters. The minimum absolute atomic E-state index is 0.00356. The summed E-state index contributed by atoms with van der Waals surface area (Å²) in [5.41, 5.74) is 13.4. The van der Waals surface area contributed by atoms with Crippen LogP contribution in [0, 0.1) is 11.6 Å². The van der Waals surface area contributed by atoms with Gasteiger partial charge in [0.15, 0.2) is 34.7 Å². The highest BCUT2D eigenvalue weighted by Gasteiger charge is 2.24. The maximum absolute atomic E-state index is 15.0. The van der Waals surface area contributed by atoms with E-state index in [-0.39, 0.29) is 67.6 Å². The van der Waals surface area contributed by atoms with Crippen LogP contribution in [0.5, 0.6) is 0 Å². The number of aromatic nitrogens is 4. The third kappa shape index (κ3) is 7.65. The fourth-order valence-electron chi connectivity index (χ4n) is 4.62. The number of methoxy groups -OCH3 is 2. The molecule has 0 aliphatic rings. The number of hydrogen-bond acceptors (Lipinski definition) is 12. The summed E-state index contributed by atoms with van der Waals surface area (Å²) in [6.45, 7) is 10.8. The van der Waals surface area contributed by atoms with Gasteiger partial charge in [0.1, 0.15) is 11.6 Å². The molecule has 0 unspecified atom stereocenters. The van der Waals surface area contributed by atoms with Crippen molar-refractivity contribution in [1.29, 1.82) is 0 Å². The predicted octanol–water partition coefficient (Wildman–Crippen LogP) is 6.02. The molecule has 2 aromatic carbocycles. The van der Waals surface area contributed by atoms with Gasteiger partial charge in [-0.05, 0) is 18.2 Å². The van der Waals surface area contributed by atoms with E-state index in [9.17, 15) is 14.0 Å². The van der Waals surface area contributed by atoms with Crippen LogP contribution in [0.4, 0.5) is 31.8 Å². The second-order valence-corrected chi connectivity index (χ2v) is 10.8. The molecule has 12 nitrogen and oxygen atoms in total. The summed E-state index contributed by atoms with van der Waals surface area (Å²) in [5.74, 6) is -2.63. The Morgan fingerprint density at radius 1 is 0.714 bits per heavy atom. The summed E-state index contributed by atoms with van der Waals surface area (Å²) < 4.78 is 39.2. The largest absolute Gasteiger partial charge is 0.464 e. The first kappa shape index (κ1) is 37.6. The van der Waals surface area contributed by atoms with Crippen molar-refractivity contribution in [2.24, 2.45) is 0 Å². The SMILES string of the molecule is C=Cc1c(N)nc(-c2ccc(Cl)c(N(C)C)c2F)nc1C(=O)OC.C=Cc1ccc(-c2nc(N)c(C=C)c(C(=O)OC)n2)c(F)c1N(C)C. The van der Waals surface area contributed by atoms with Crippen molar-refractivity contribution in [2.75, 3.05) is 63.7 Å². The molecule has 0 saturated carbocycles. The number of carbonyl (C=O) groups is 2. The van der Waals surface area contributed by atoms with Gasteiger partial charge in [-0.1, -0.05) is 55.6 Å². The Hall–Kier alpha value is -5.89. The lowest BCUT2D eigenvalue weighted by molar-refractivity contribution is 0.0585. The maximum atomic E-state index is 15.0. The second-order valence-electron chi connectivity index (χ2n) is 10.4. The van der Waals surface area contributed by atoms with Crippen molar-refractivity contribution < 1.29 is 27.8 Å². The fraction of sp³-hybridized carbons (Fsp3) is 0.176. The summed E-state index contributed by atoms with van der Waals surface area (Å²) in [6, 6.07) is 6.16. The van der Waals surface area contributed by atoms with E-state index in [0.29, 0.717) is 11.3 Å². The van der Waals surface area contributed by atoms with Gasteiger partial charge in [-0.2, -0.15) is 0 Å². The highest BCUT2D eigenvalue weighted by atomic mass is 35.5. The molecule has 256 valence electrons. The minimum atomic E-state index is -0.720. The summed E-state index contributed by atoms with van der Waals surface area (Å²) >= 11 is 6.03. The van der Waals surface area contributed by atoms with Crippen molar-refractivity contribution in [1.82, 2.24) is 19.9 Å². The maximum Gasteiger partial charge on any atom is 0.357 e. The van der Waals surface area contributed by atoms with Crippen molar-refractivity contribution in [3.8, 4) is 22.8 Å². The van der Waals surface area contributed by atoms with E-state index in [1.165, 1.54) is 49.5 Å². The van der Waals surface area contributed by atoms with Crippen LogP contribution in [0.15, 0.2) is 44.0 Å². The van der Waals surface area contributed by atoms with Crippen molar-refractivity contribution in [3.05, 3.63) is 88.7 Å². The molecule has 4 N–H and O–H groups in total. The number of halogens is 3. The molecule has 4 aromatic rings. The number of benzene rings is 2. The number of esters is 2. The van der Waals surface area contributed by atoms with Gasteiger partial charge in [-0.3, -0.25) is 0 Å². The van der Waals surface area contributed by atoms with Crippen molar-refractivity contribution in [3.63, 3.8) is 0 Å². The summed E-state index contributed by atoms with van der Waals surface area (Å²) in [6.07, 6.45) is 4.25. The zero-order valence-corrected chi connectivity index (χ0v) is 28.5. The number of carbonyl (C=O) groups excluding carboxylic acids is 2. The van der Waals surface area contributed by atoms with E-state index in [1.54, 1.807) is 45.2 Å². The zero-order chi connectivity index (χ0) is 36.7. The first-order valence-electron chi connectivity index (χ1n) is 14.2. The molecule has 0 bridgehead atoms. The van der Waals surface area contributed by atoms with E-state index in [1.807, 2.05) is 0 Å². The van der Waals surface area contributed by atoms with E-state index < -0.39 is 23.6 Å². The molecule has 0 saturated heterocycles. The van der Waals surface area contributed by atoms with E-state index in [0.717, 1.165) is 0 Å². The van der Waals surface area contributed by atoms with Gasteiger partial charge < -0.3 is 30.7 Å². The molecule has 0 amide bonds. The van der Waals surface area contributed by atoms with Gasteiger partial charge in [-0.25, -0.2) is 38.3 Å². The normalized spacial score (nSPS) is 10.3. The summed E-state index contributed by atoms with van der Waals surface area (Å²) in [5, 5.41) is 0.241. The molecule has 0 aliphatic carbocycles. The fourth-order valence-corrected chi connectivity index (χ4v) is 4.93. The highest BCUT2D eigenvalue weighted by molar-refractivity contribution is 6.33. The average molecular weight is 693 g/mol. The van der Waals surface area contributed by atoms with Crippen LogP contribution in [0.1, 0.15) is 37.7 Å². The number of nitrogens with two attached hydrogens (primary N) is 2. The van der Waals surface area contributed by atoms with Gasteiger partial charge in [0.05, 0.1) is 41.7 Å². The Bertz CT molecular complexity index is 1970. The minimum Gasteiger partial charge on any atom is -0.464 e. The molecular formula is C34H35ClF2N8O4. The third-order valence-corrected chi connectivity index (χ3v) is 7.23. The lowest BCUT2D eigenvalue weighted by Gasteiger charge is -2.19. The van der Waals surface area contributed by atoms with Crippen LogP contribution < -0.4 is 21.3 Å². The monoisotopic (exact) mass is 692 g/mol. The highest BCUT2D eigenvalue weighted by Crippen LogP contribution is 2.35. The van der Waals surface area contributed by atoms with Gasteiger partial charge >= 0.3 is 11.9 Å². The molecule has 49 heavy (non-hydrogen) atoms. The molecule has 0 fully saturated rings. The molecule has 0 spiro atoms. The number of hydrogen-bond donors (Lipinski definition) is 2.